The molecule has 3 aromatic rings. The molecular weight excluding hydrogens is 392 g/mol. The maximum absolute atomic E-state index is 12.7. The van der Waals surface area contributed by atoms with Gasteiger partial charge in [0.2, 0.25) is 0 Å². The minimum absolute atomic E-state index is 0.171. The molecule has 2 aromatic heterocycles. The normalized spacial score (nSPS) is 11.2. The van der Waals surface area contributed by atoms with Crippen molar-refractivity contribution in [2.24, 2.45) is 0 Å². The molecule has 1 amide bonds. The zero-order chi connectivity index (χ0) is 19.8. The van der Waals surface area contributed by atoms with Gasteiger partial charge in [0.05, 0.1) is 0 Å². The van der Waals surface area contributed by atoms with E-state index in [4.69, 9.17) is 9.15 Å². The van der Waals surface area contributed by atoms with Gasteiger partial charge in [-0.3, -0.25) is 4.79 Å². The fraction of sp³-hybridized carbons (Fsp3) is 0.429. The van der Waals surface area contributed by atoms with E-state index in [0.717, 1.165) is 52.4 Å². The van der Waals surface area contributed by atoms with Crippen molar-refractivity contribution in [2.45, 2.75) is 43.2 Å². The third-order valence-corrected chi connectivity index (χ3v) is 6.40. The highest BCUT2D eigenvalue weighted by atomic mass is 32.2. The minimum Gasteiger partial charge on any atom is -0.451 e. The molecule has 150 valence electrons. The van der Waals surface area contributed by atoms with Gasteiger partial charge >= 0.3 is 0 Å². The first-order chi connectivity index (χ1) is 13.7. The standard InChI is InChI=1S/C21H26N2O3S2/c1-3-4-11-25-12-7-10-22-20(24)19-17(14-28-21-23-15(2)13-27-21)16-8-5-6-9-18(16)26-19/h5-6,8-9,13H,3-4,7,10-12,14H2,1-2H3,(H,22,24). The smallest absolute Gasteiger partial charge is 0.287 e. The molecule has 0 unspecified atom stereocenters. The number of carbonyl (C=O) groups is 1. The molecule has 0 atom stereocenters. The number of furan rings is 1. The molecule has 0 saturated carbocycles. The summed E-state index contributed by atoms with van der Waals surface area (Å²) in [5, 5.41) is 5.97. The Balaban J connectivity index is 1.63. The highest BCUT2D eigenvalue weighted by Crippen LogP contribution is 2.33. The number of nitrogens with zero attached hydrogens (tertiary/aromatic N) is 1. The zero-order valence-electron chi connectivity index (χ0n) is 16.3. The van der Waals surface area contributed by atoms with Gasteiger partial charge in [-0.05, 0) is 25.8 Å². The third kappa shape index (κ3) is 5.59. The van der Waals surface area contributed by atoms with Crippen molar-refractivity contribution in [2.75, 3.05) is 19.8 Å². The maximum atomic E-state index is 12.7. The number of aryl methyl sites for hydroxylation is 1. The van der Waals surface area contributed by atoms with Crippen LogP contribution < -0.4 is 5.32 Å². The van der Waals surface area contributed by atoms with Crippen LogP contribution in [0.2, 0.25) is 0 Å². The predicted molar refractivity (Wildman–Crippen MR) is 115 cm³/mol. The first kappa shape index (κ1) is 20.9. The lowest BCUT2D eigenvalue weighted by molar-refractivity contribution is 0.0914. The fourth-order valence-electron chi connectivity index (χ4n) is 2.76. The quantitative estimate of drug-likeness (QED) is 0.332. The van der Waals surface area contributed by atoms with Gasteiger partial charge in [0, 0.05) is 47.5 Å². The summed E-state index contributed by atoms with van der Waals surface area (Å²) in [5.74, 6) is 0.872. The Morgan fingerprint density at radius 2 is 2.11 bits per heavy atom. The van der Waals surface area contributed by atoms with Gasteiger partial charge in [-0.25, -0.2) is 4.98 Å². The first-order valence-corrected chi connectivity index (χ1v) is 11.5. The van der Waals surface area contributed by atoms with Crippen LogP contribution in [0.5, 0.6) is 0 Å². The zero-order valence-corrected chi connectivity index (χ0v) is 18.0. The molecular formula is C21H26N2O3S2. The van der Waals surface area contributed by atoms with Crippen molar-refractivity contribution in [1.29, 1.82) is 0 Å². The van der Waals surface area contributed by atoms with Crippen molar-refractivity contribution in [3.63, 3.8) is 0 Å². The number of benzene rings is 1. The van der Waals surface area contributed by atoms with Crippen LogP contribution >= 0.6 is 23.1 Å². The van der Waals surface area contributed by atoms with Crippen molar-refractivity contribution < 1.29 is 13.9 Å². The van der Waals surface area contributed by atoms with Gasteiger partial charge < -0.3 is 14.5 Å². The second kappa shape index (κ2) is 10.6. The molecule has 28 heavy (non-hydrogen) atoms. The van der Waals surface area contributed by atoms with Crippen LogP contribution in [-0.4, -0.2) is 30.6 Å². The molecule has 1 aromatic carbocycles. The number of unbranched alkanes of at least 4 members (excludes halogenated alkanes) is 1. The molecule has 7 heteroatoms. The van der Waals surface area contributed by atoms with E-state index >= 15 is 0 Å². The molecule has 0 bridgehead atoms. The number of rotatable bonds is 11. The summed E-state index contributed by atoms with van der Waals surface area (Å²) >= 11 is 3.26. The lowest BCUT2D eigenvalue weighted by Crippen LogP contribution is -2.25. The van der Waals surface area contributed by atoms with E-state index in [1.165, 1.54) is 0 Å². The van der Waals surface area contributed by atoms with Crippen molar-refractivity contribution >= 4 is 40.0 Å². The van der Waals surface area contributed by atoms with Crippen molar-refractivity contribution in [3.05, 3.63) is 46.7 Å². The molecule has 2 heterocycles. The number of hydrogen-bond acceptors (Lipinski definition) is 6. The average molecular weight is 419 g/mol. The lowest BCUT2D eigenvalue weighted by Gasteiger charge is -2.06. The summed E-state index contributed by atoms with van der Waals surface area (Å²) in [6.45, 7) is 6.14. The van der Waals surface area contributed by atoms with Gasteiger partial charge in [0.15, 0.2) is 5.76 Å². The summed E-state index contributed by atoms with van der Waals surface area (Å²) in [4.78, 5) is 17.2. The van der Waals surface area contributed by atoms with E-state index < -0.39 is 0 Å². The number of ether oxygens (including phenoxy) is 1. The van der Waals surface area contributed by atoms with Crippen LogP contribution in [0, 0.1) is 6.92 Å². The minimum atomic E-state index is -0.171. The molecule has 1 N–H and O–H groups in total. The van der Waals surface area contributed by atoms with E-state index in [1.54, 1.807) is 23.1 Å². The molecule has 0 fully saturated rings. The van der Waals surface area contributed by atoms with Gasteiger partial charge in [0.25, 0.3) is 5.91 Å². The molecule has 0 spiro atoms. The topological polar surface area (TPSA) is 64.4 Å². The van der Waals surface area contributed by atoms with Gasteiger partial charge in [-0.15, -0.1) is 11.3 Å². The van der Waals surface area contributed by atoms with E-state index in [-0.39, 0.29) is 5.91 Å². The Morgan fingerprint density at radius 3 is 2.89 bits per heavy atom. The third-order valence-electron chi connectivity index (χ3n) is 4.24. The molecule has 3 rings (SSSR count). The highest BCUT2D eigenvalue weighted by Gasteiger charge is 2.20. The van der Waals surface area contributed by atoms with Crippen LogP contribution in [0.15, 0.2) is 38.4 Å². The van der Waals surface area contributed by atoms with E-state index in [9.17, 15) is 4.79 Å². The number of nitrogens with one attached hydrogen (secondary N) is 1. The molecule has 0 aliphatic rings. The number of amides is 1. The summed E-state index contributed by atoms with van der Waals surface area (Å²) in [7, 11) is 0. The summed E-state index contributed by atoms with van der Waals surface area (Å²) in [5.41, 5.74) is 2.68. The van der Waals surface area contributed by atoms with Gasteiger partial charge in [-0.1, -0.05) is 43.3 Å². The molecule has 0 aliphatic carbocycles. The second-order valence-corrected chi connectivity index (χ2v) is 8.61. The largest absolute Gasteiger partial charge is 0.451 e. The number of para-hydroxylation sites is 1. The van der Waals surface area contributed by atoms with E-state index in [2.05, 4.69) is 17.2 Å². The molecule has 5 nitrogen and oxygen atoms in total. The number of fused-ring (bicyclic) bond motifs is 1. The van der Waals surface area contributed by atoms with Crippen LogP contribution in [0.1, 0.15) is 48.0 Å². The number of hydrogen-bond donors (Lipinski definition) is 1. The predicted octanol–water partition coefficient (Wildman–Crippen LogP) is 5.43. The monoisotopic (exact) mass is 418 g/mol. The first-order valence-electron chi connectivity index (χ1n) is 9.60. The summed E-state index contributed by atoms with van der Waals surface area (Å²) in [6, 6.07) is 7.78. The van der Waals surface area contributed by atoms with E-state index in [1.807, 2.05) is 36.6 Å². The lowest BCUT2D eigenvalue weighted by atomic mass is 10.1. The van der Waals surface area contributed by atoms with E-state index in [0.29, 0.717) is 24.7 Å². The SMILES string of the molecule is CCCCOCCCNC(=O)c1oc2ccccc2c1CSc1nc(C)cs1. The summed E-state index contributed by atoms with van der Waals surface area (Å²) in [6.07, 6.45) is 2.99. The number of aromatic nitrogens is 1. The summed E-state index contributed by atoms with van der Waals surface area (Å²) < 4.78 is 12.4. The number of thioether (sulfide) groups is 1. The maximum Gasteiger partial charge on any atom is 0.287 e. The Kier molecular flexibility index (Phi) is 7.94. The number of thiazole rings is 1. The Hall–Kier alpha value is -1.83. The van der Waals surface area contributed by atoms with Crippen LogP contribution in [0.4, 0.5) is 0 Å². The van der Waals surface area contributed by atoms with Crippen LogP contribution in [0.3, 0.4) is 0 Å². The van der Waals surface area contributed by atoms with Gasteiger partial charge in [-0.2, -0.15) is 0 Å². The second-order valence-electron chi connectivity index (χ2n) is 6.52. The Bertz CT molecular complexity index is 904. The molecule has 0 aliphatic heterocycles. The Morgan fingerprint density at radius 1 is 1.29 bits per heavy atom. The number of carbonyl (C=O) groups excluding carboxylic acids is 1. The van der Waals surface area contributed by atoms with Gasteiger partial charge in [0.1, 0.15) is 9.92 Å². The van der Waals surface area contributed by atoms with Crippen molar-refractivity contribution in [3.8, 4) is 0 Å². The highest BCUT2D eigenvalue weighted by molar-refractivity contribution is 8.00. The van der Waals surface area contributed by atoms with Crippen LogP contribution in [-0.2, 0) is 10.5 Å². The van der Waals surface area contributed by atoms with Crippen LogP contribution in [0.25, 0.3) is 11.0 Å². The molecule has 0 radical (unpaired) electrons. The Labute approximate surface area is 173 Å². The average Bonchev–Trinajstić information content (AvgIpc) is 3.28. The fourth-order valence-corrected chi connectivity index (χ4v) is 4.64. The molecule has 0 saturated heterocycles. The van der Waals surface area contributed by atoms with Crippen molar-refractivity contribution in [1.82, 2.24) is 10.3 Å².